The molecule has 3 heteroatoms. The second-order valence-corrected chi connectivity index (χ2v) is 3.67. The van der Waals surface area contributed by atoms with E-state index in [2.05, 4.69) is 24.8 Å². The van der Waals surface area contributed by atoms with E-state index in [0.717, 1.165) is 25.4 Å². The van der Waals surface area contributed by atoms with Crippen molar-refractivity contribution in [2.75, 3.05) is 37.4 Å². The Bertz CT molecular complexity index is 292. The molecule has 1 aromatic carbocycles. The summed E-state index contributed by atoms with van der Waals surface area (Å²) >= 11 is 0. The van der Waals surface area contributed by atoms with E-state index in [1.807, 2.05) is 12.1 Å². The van der Waals surface area contributed by atoms with E-state index < -0.39 is 0 Å². The maximum absolute atomic E-state index is 5.82. The van der Waals surface area contributed by atoms with Gasteiger partial charge in [-0.25, -0.2) is 0 Å². The number of ether oxygens (including phenoxy) is 1. The SMILES string of the molecule is CCN(CCOC)c1cc(C)cc(N)c1. The number of aryl methyl sites for hydroxylation is 1. The monoisotopic (exact) mass is 208 g/mol. The summed E-state index contributed by atoms with van der Waals surface area (Å²) < 4.78 is 5.08. The molecule has 84 valence electrons. The van der Waals surface area contributed by atoms with Crippen molar-refractivity contribution in [2.24, 2.45) is 0 Å². The molecule has 0 aliphatic heterocycles. The minimum absolute atomic E-state index is 0.738. The molecule has 0 bridgehead atoms. The fraction of sp³-hybridized carbons (Fsp3) is 0.500. The van der Waals surface area contributed by atoms with Gasteiger partial charge in [0.25, 0.3) is 0 Å². The Morgan fingerprint density at radius 1 is 1.33 bits per heavy atom. The molecular formula is C12H20N2O. The second kappa shape index (κ2) is 5.61. The van der Waals surface area contributed by atoms with Crippen LogP contribution >= 0.6 is 0 Å². The molecular weight excluding hydrogens is 188 g/mol. The maximum atomic E-state index is 5.82. The van der Waals surface area contributed by atoms with Gasteiger partial charge in [-0.1, -0.05) is 0 Å². The summed E-state index contributed by atoms with van der Waals surface area (Å²) in [6, 6.07) is 6.13. The van der Waals surface area contributed by atoms with Gasteiger partial charge in [-0.15, -0.1) is 0 Å². The third-order valence-corrected chi connectivity index (χ3v) is 2.40. The maximum Gasteiger partial charge on any atom is 0.0637 e. The molecule has 0 saturated carbocycles. The van der Waals surface area contributed by atoms with Gasteiger partial charge in [-0.2, -0.15) is 0 Å². The number of nitrogens with two attached hydrogens (primary N) is 1. The molecule has 0 radical (unpaired) electrons. The van der Waals surface area contributed by atoms with Crippen molar-refractivity contribution in [2.45, 2.75) is 13.8 Å². The van der Waals surface area contributed by atoms with Gasteiger partial charge in [-0.3, -0.25) is 0 Å². The van der Waals surface area contributed by atoms with Gasteiger partial charge in [-0.05, 0) is 37.6 Å². The Hall–Kier alpha value is -1.22. The van der Waals surface area contributed by atoms with Crippen LogP contribution in [0.5, 0.6) is 0 Å². The number of likely N-dealkylation sites (N-methyl/N-ethyl adjacent to an activating group) is 1. The van der Waals surface area contributed by atoms with Crippen molar-refractivity contribution in [1.29, 1.82) is 0 Å². The Kier molecular flexibility index (Phi) is 4.43. The molecule has 0 aliphatic rings. The van der Waals surface area contributed by atoms with E-state index in [0.29, 0.717) is 0 Å². The Morgan fingerprint density at radius 3 is 2.60 bits per heavy atom. The van der Waals surface area contributed by atoms with Crippen molar-refractivity contribution >= 4 is 11.4 Å². The number of benzene rings is 1. The number of rotatable bonds is 5. The van der Waals surface area contributed by atoms with Crippen molar-refractivity contribution in [1.82, 2.24) is 0 Å². The van der Waals surface area contributed by atoms with Crippen molar-refractivity contribution in [3.8, 4) is 0 Å². The molecule has 0 heterocycles. The molecule has 2 N–H and O–H groups in total. The predicted molar refractivity (Wildman–Crippen MR) is 65.4 cm³/mol. The molecule has 0 atom stereocenters. The summed E-state index contributed by atoms with van der Waals surface area (Å²) in [4.78, 5) is 2.26. The number of hydrogen-bond donors (Lipinski definition) is 1. The number of hydrogen-bond acceptors (Lipinski definition) is 3. The fourth-order valence-corrected chi connectivity index (χ4v) is 1.65. The summed E-state index contributed by atoms with van der Waals surface area (Å²) in [6.45, 7) is 6.79. The summed E-state index contributed by atoms with van der Waals surface area (Å²) in [5.74, 6) is 0. The van der Waals surface area contributed by atoms with Crippen LogP contribution in [0.25, 0.3) is 0 Å². The van der Waals surface area contributed by atoms with Crippen LogP contribution in [0.4, 0.5) is 11.4 Å². The average Bonchev–Trinajstić information content (AvgIpc) is 2.17. The Balaban J connectivity index is 2.81. The Morgan fingerprint density at radius 2 is 2.07 bits per heavy atom. The molecule has 0 fully saturated rings. The summed E-state index contributed by atoms with van der Waals surface area (Å²) in [7, 11) is 1.72. The van der Waals surface area contributed by atoms with E-state index in [1.165, 1.54) is 11.3 Å². The van der Waals surface area contributed by atoms with E-state index in [9.17, 15) is 0 Å². The first kappa shape index (κ1) is 11.9. The zero-order valence-electron chi connectivity index (χ0n) is 9.79. The van der Waals surface area contributed by atoms with Gasteiger partial charge in [0, 0.05) is 31.6 Å². The molecule has 3 nitrogen and oxygen atoms in total. The average molecular weight is 208 g/mol. The molecule has 15 heavy (non-hydrogen) atoms. The quantitative estimate of drug-likeness (QED) is 0.753. The van der Waals surface area contributed by atoms with E-state index >= 15 is 0 Å². The van der Waals surface area contributed by atoms with Crippen LogP contribution in [0.1, 0.15) is 12.5 Å². The Labute approximate surface area is 91.8 Å². The van der Waals surface area contributed by atoms with Gasteiger partial charge in [0.15, 0.2) is 0 Å². The zero-order valence-corrected chi connectivity index (χ0v) is 9.79. The van der Waals surface area contributed by atoms with Gasteiger partial charge >= 0.3 is 0 Å². The van der Waals surface area contributed by atoms with Gasteiger partial charge < -0.3 is 15.4 Å². The van der Waals surface area contributed by atoms with Crippen LogP contribution in [-0.2, 0) is 4.74 Å². The number of methoxy groups -OCH3 is 1. The highest BCUT2D eigenvalue weighted by Gasteiger charge is 2.04. The first-order chi connectivity index (χ1) is 7.17. The number of anilines is 2. The minimum Gasteiger partial charge on any atom is -0.399 e. The van der Waals surface area contributed by atoms with Gasteiger partial charge in [0.1, 0.15) is 0 Å². The first-order valence-corrected chi connectivity index (χ1v) is 5.28. The zero-order chi connectivity index (χ0) is 11.3. The third-order valence-electron chi connectivity index (χ3n) is 2.40. The lowest BCUT2D eigenvalue weighted by Gasteiger charge is -2.23. The van der Waals surface area contributed by atoms with Crippen LogP contribution in [0, 0.1) is 6.92 Å². The number of nitrogens with zero attached hydrogens (tertiary/aromatic N) is 1. The molecule has 0 unspecified atom stereocenters. The summed E-state index contributed by atoms with van der Waals surface area (Å²) in [6.07, 6.45) is 0. The van der Waals surface area contributed by atoms with E-state index in [-0.39, 0.29) is 0 Å². The van der Waals surface area contributed by atoms with E-state index in [4.69, 9.17) is 10.5 Å². The van der Waals surface area contributed by atoms with Crippen LogP contribution in [0.3, 0.4) is 0 Å². The van der Waals surface area contributed by atoms with Crippen molar-refractivity contribution in [3.63, 3.8) is 0 Å². The van der Waals surface area contributed by atoms with Gasteiger partial charge in [0.05, 0.1) is 6.61 Å². The van der Waals surface area contributed by atoms with Crippen LogP contribution in [-0.4, -0.2) is 26.8 Å². The lowest BCUT2D eigenvalue weighted by atomic mass is 10.2. The normalized spacial score (nSPS) is 10.3. The molecule has 0 saturated heterocycles. The smallest absolute Gasteiger partial charge is 0.0637 e. The second-order valence-electron chi connectivity index (χ2n) is 3.67. The lowest BCUT2D eigenvalue weighted by Crippen LogP contribution is -2.26. The summed E-state index contributed by atoms with van der Waals surface area (Å²) in [5.41, 5.74) is 9.01. The van der Waals surface area contributed by atoms with Crippen LogP contribution in [0.2, 0.25) is 0 Å². The largest absolute Gasteiger partial charge is 0.399 e. The molecule has 0 aliphatic carbocycles. The van der Waals surface area contributed by atoms with Crippen LogP contribution in [0.15, 0.2) is 18.2 Å². The molecule has 1 aromatic rings. The number of nitrogen functional groups attached to an aromatic ring is 1. The molecule has 1 rings (SSSR count). The standard InChI is InChI=1S/C12H20N2O/c1-4-14(5-6-15-3)12-8-10(2)7-11(13)9-12/h7-9H,4-6,13H2,1-3H3. The topological polar surface area (TPSA) is 38.5 Å². The highest BCUT2D eigenvalue weighted by Crippen LogP contribution is 2.19. The highest BCUT2D eigenvalue weighted by molar-refractivity contribution is 5.58. The summed E-state index contributed by atoms with van der Waals surface area (Å²) in [5, 5.41) is 0. The minimum atomic E-state index is 0.738. The lowest BCUT2D eigenvalue weighted by molar-refractivity contribution is 0.205. The molecule has 0 aromatic heterocycles. The van der Waals surface area contributed by atoms with Crippen molar-refractivity contribution < 1.29 is 4.74 Å². The fourth-order valence-electron chi connectivity index (χ4n) is 1.65. The molecule has 0 amide bonds. The van der Waals surface area contributed by atoms with Crippen LogP contribution < -0.4 is 10.6 Å². The van der Waals surface area contributed by atoms with Crippen molar-refractivity contribution in [3.05, 3.63) is 23.8 Å². The third kappa shape index (κ3) is 3.44. The first-order valence-electron chi connectivity index (χ1n) is 5.28. The predicted octanol–water partition coefficient (Wildman–Crippen LogP) is 2.05. The van der Waals surface area contributed by atoms with E-state index in [1.54, 1.807) is 7.11 Å². The highest BCUT2D eigenvalue weighted by atomic mass is 16.5. The molecule has 0 spiro atoms. The van der Waals surface area contributed by atoms with Gasteiger partial charge in [0.2, 0.25) is 0 Å².